The second-order valence-electron chi connectivity index (χ2n) is 6.97. The maximum atomic E-state index is 13.2. The Labute approximate surface area is 166 Å². The molecular weight excluding hydrogens is 383 g/mol. The highest BCUT2D eigenvalue weighted by Crippen LogP contribution is 2.39. The van der Waals surface area contributed by atoms with Crippen molar-refractivity contribution in [1.82, 2.24) is 9.80 Å². The zero-order valence-electron chi connectivity index (χ0n) is 14.8. The van der Waals surface area contributed by atoms with E-state index >= 15 is 0 Å². The van der Waals surface area contributed by atoms with Gasteiger partial charge in [-0.2, -0.15) is 0 Å². The van der Waals surface area contributed by atoms with Crippen molar-refractivity contribution < 1.29 is 14.0 Å². The first-order valence-electron chi connectivity index (χ1n) is 9.11. The van der Waals surface area contributed by atoms with Crippen LogP contribution in [-0.2, 0) is 4.79 Å². The number of piperidine rings is 1. The number of thiophene rings is 1. The smallest absolute Gasteiger partial charge is 0.263 e. The van der Waals surface area contributed by atoms with Crippen LogP contribution in [0, 0.1) is 11.7 Å². The summed E-state index contributed by atoms with van der Waals surface area (Å²) in [5.41, 5.74) is 0.970. The van der Waals surface area contributed by atoms with Crippen LogP contribution in [0.1, 0.15) is 33.5 Å². The van der Waals surface area contributed by atoms with Crippen LogP contribution in [0.15, 0.2) is 41.8 Å². The van der Waals surface area contributed by atoms with Gasteiger partial charge in [0.1, 0.15) is 11.2 Å². The minimum atomic E-state index is -0.262. The van der Waals surface area contributed by atoms with Gasteiger partial charge in [-0.25, -0.2) is 4.39 Å². The van der Waals surface area contributed by atoms with Gasteiger partial charge in [0.05, 0.1) is 10.6 Å². The van der Waals surface area contributed by atoms with Crippen molar-refractivity contribution in [3.8, 4) is 0 Å². The molecule has 2 aromatic rings. The fraction of sp³-hybridized carbons (Fsp3) is 0.400. The number of thioether (sulfide) groups is 1. The molecule has 1 atom stereocenters. The molecule has 2 fully saturated rings. The maximum absolute atomic E-state index is 13.2. The quantitative estimate of drug-likeness (QED) is 0.773. The van der Waals surface area contributed by atoms with Crippen LogP contribution in [-0.4, -0.2) is 47.0 Å². The molecule has 0 N–H and O–H groups in total. The molecule has 142 valence electrons. The lowest BCUT2D eigenvalue weighted by Gasteiger charge is -2.35. The van der Waals surface area contributed by atoms with E-state index in [1.807, 2.05) is 27.3 Å². The SMILES string of the molecule is O=C(c1cccs1)N1CCC(CN2C(=O)CSC2c2ccc(F)cc2)CC1. The summed E-state index contributed by atoms with van der Waals surface area (Å²) in [6.07, 6.45) is 1.81. The number of likely N-dealkylation sites (tertiary alicyclic amines) is 1. The Morgan fingerprint density at radius 1 is 1.15 bits per heavy atom. The number of halogens is 1. The lowest BCUT2D eigenvalue weighted by atomic mass is 9.95. The molecule has 0 saturated carbocycles. The van der Waals surface area contributed by atoms with Gasteiger partial charge < -0.3 is 9.80 Å². The predicted molar refractivity (Wildman–Crippen MR) is 106 cm³/mol. The molecule has 27 heavy (non-hydrogen) atoms. The van der Waals surface area contributed by atoms with Gasteiger partial charge in [0.25, 0.3) is 5.91 Å². The summed E-state index contributed by atoms with van der Waals surface area (Å²) >= 11 is 3.08. The highest BCUT2D eigenvalue weighted by molar-refractivity contribution is 8.00. The molecule has 0 spiro atoms. The predicted octanol–water partition coefficient (Wildman–Crippen LogP) is 4.01. The zero-order valence-corrected chi connectivity index (χ0v) is 16.5. The number of nitrogens with zero attached hydrogens (tertiary/aromatic N) is 2. The first kappa shape index (κ1) is 18.5. The van der Waals surface area contributed by atoms with Crippen molar-refractivity contribution in [2.75, 3.05) is 25.4 Å². The van der Waals surface area contributed by atoms with Crippen LogP contribution in [0.2, 0.25) is 0 Å². The molecule has 4 nitrogen and oxygen atoms in total. The summed E-state index contributed by atoms with van der Waals surface area (Å²) in [7, 11) is 0. The van der Waals surface area contributed by atoms with E-state index in [-0.39, 0.29) is 23.0 Å². The fourth-order valence-electron chi connectivity index (χ4n) is 3.71. The van der Waals surface area contributed by atoms with E-state index in [0.29, 0.717) is 18.2 Å². The van der Waals surface area contributed by atoms with Crippen LogP contribution in [0.4, 0.5) is 4.39 Å². The summed E-state index contributed by atoms with van der Waals surface area (Å²) in [5.74, 6) is 0.856. The average molecular weight is 405 g/mol. The second kappa shape index (κ2) is 8.02. The lowest BCUT2D eigenvalue weighted by Crippen LogP contribution is -2.42. The van der Waals surface area contributed by atoms with E-state index in [0.717, 1.165) is 36.4 Å². The van der Waals surface area contributed by atoms with Gasteiger partial charge in [-0.05, 0) is 47.9 Å². The molecule has 7 heteroatoms. The Morgan fingerprint density at radius 2 is 1.89 bits per heavy atom. The Kier molecular flexibility index (Phi) is 5.50. The third kappa shape index (κ3) is 4.04. The van der Waals surface area contributed by atoms with Crippen LogP contribution in [0.25, 0.3) is 0 Å². The standard InChI is InChI=1S/C20H21FN2O2S2/c21-16-5-3-15(4-6-16)20-23(18(24)13-27-20)12-14-7-9-22(10-8-14)19(25)17-2-1-11-26-17/h1-6,11,14,20H,7-10,12-13H2. The number of amides is 2. The Hall–Kier alpha value is -1.86. The van der Waals surface area contributed by atoms with Crippen molar-refractivity contribution in [2.24, 2.45) is 5.92 Å². The van der Waals surface area contributed by atoms with Crippen molar-refractivity contribution in [2.45, 2.75) is 18.2 Å². The van der Waals surface area contributed by atoms with Crippen molar-refractivity contribution >= 4 is 34.9 Å². The molecule has 2 saturated heterocycles. The largest absolute Gasteiger partial charge is 0.338 e. The molecule has 3 heterocycles. The maximum Gasteiger partial charge on any atom is 0.263 e. The molecule has 0 bridgehead atoms. The lowest BCUT2D eigenvalue weighted by molar-refractivity contribution is -0.128. The van der Waals surface area contributed by atoms with Crippen LogP contribution >= 0.6 is 23.1 Å². The van der Waals surface area contributed by atoms with E-state index in [9.17, 15) is 14.0 Å². The second-order valence-corrected chi connectivity index (χ2v) is 8.99. The van der Waals surface area contributed by atoms with E-state index < -0.39 is 0 Å². The third-order valence-electron chi connectivity index (χ3n) is 5.21. The zero-order chi connectivity index (χ0) is 18.8. The van der Waals surface area contributed by atoms with Gasteiger partial charge in [0.2, 0.25) is 5.91 Å². The summed E-state index contributed by atoms with van der Waals surface area (Å²) in [5, 5.41) is 1.88. The van der Waals surface area contributed by atoms with Gasteiger partial charge in [0, 0.05) is 19.6 Å². The fourth-order valence-corrected chi connectivity index (χ4v) is 5.60. The van der Waals surface area contributed by atoms with E-state index in [1.165, 1.54) is 23.5 Å². The molecule has 0 aliphatic carbocycles. The molecule has 0 radical (unpaired) electrons. The van der Waals surface area contributed by atoms with Gasteiger partial charge in [-0.1, -0.05) is 18.2 Å². The van der Waals surface area contributed by atoms with Gasteiger partial charge in [0.15, 0.2) is 0 Å². The normalized spacial score (nSPS) is 21.1. The van der Waals surface area contributed by atoms with E-state index in [1.54, 1.807) is 23.9 Å². The number of benzene rings is 1. The molecule has 1 unspecified atom stereocenters. The monoisotopic (exact) mass is 404 g/mol. The average Bonchev–Trinajstić information content (AvgIpc) is 3.34. The molecule has 1 aromatic heterocycles. The van der Waals surface area contributed by atoms with Crippen molar-refractivity contribution in [1.29, 1.82) is 0 Å². The van der Waals surface area contributed by atoms with Crippen LogP contribution in [0.3, 0.4) is 0 Å². The first-order chi connectivity index (χ1) is 13.1. The minimum absolute atomic E-state index is 0.0381. The summed E-state index contributed by atoms with van der Waals surface area (Å²) in [6.45, 7) is 2.17. The molecule has 2 aliphatic heterocycles. The van der Waals surface area contributed by atoms with Crippen molar-refractivity contribution in [3.05, 3.63) is 58.0 Å². The topological polar surface area (TPSA) is 40.6 Å². The molecule has 1 aromatic carbocycles. The van der Waals surface area contributed by atoms with Gasteiger partial charge >= 0.3 is 0 Å². The Morgan fingerprint density at radius 3 is 2.56 bits per heavy atom. The van der Waals surface area contributed by atoms with Gasteiger partial charge in [-0.15, -0.1) is 23.1 Å². The first-order valence-corrected chi connectivity index (χ1v) is 11.0. The van der Waals surface area contributed by atoms with E-state index in [2.05, 4.69) is 0 Å². The number of carbonyl (C=O) groups is 2. The number of hydrogen-bond acceptors (Lipinski definition) is 4. The highest BCUT2D eigenvalue weighted by Gasteiger charge is 2.35. The molecular formula is C20H21FN2O2S2. The van der Waals surface area contributed by atoms with Crippen LogP contribution in [0.5, 0.6) is 0 Å². The summed E-state index contributed by atoms with van der Waals surface area (Å²) < 4.78 is 13.2. The third-order valence-corrected chi connectivity index (χ3v) is 7.33. The molecule has 4 rings (SSSR count). The van der Waals surface area contributed by atoms with Crippen molar-refractivity contribution in [3.63, 3.8) is 0 Å². The summed E-state index contributed by atoms with van der Waals surface area (Å²) in [6, 6.07) is 10.2. The molecule has 2 amide bonds. The van der Waals surface area contributed by atoms with Gasteiger partial charge in [-0.3, -0.25) is 9.59 Å². The number of hydrogen-bond donors (Lipinski definition) is 0. The number of rotatable bonds is 4. The summed E-state index contributed by atoms with van der Waals surface area (Å²) in [4.78, 5) is 29.5. The number of carbonyl (C=O) groups excluding carboxylic acids is 2. The Bertz CT molecular complexity index is 802. The molecule has 2 aliphatic rings. The van der Waals surface area contributed by atoms with E-state index in [4.69, 9.17) is 0 Å². The Balaban J connectivity index is 1.36. The van der Waals surface area contributed by atoms with Crippen LogP contribution < -0.4 is 0 Å². The minimum Gasteiger partial charge on any atom is -0.338 e. The highest BCUT2D eigenvalue weighted by atomic mass is 32.2.